The average molecular weight is 262 g/mol. The normalized spacial score (nSPS) is 10.3. The number of hydrogen-bond acceptors (Lipinski definition) is 5. The van der Waals surface area contributed by atoms with Crippen LogP contribution in [0.3, 0.4) is 0 Å². The minimum atomic E-state index is -0.176. The number of aromatic nitrogens is 2. The zero-order chi connectivity index (χ0) is 12.8. The van der Waals surface area contributed by atoms with Gasteiger partial charge in [0.2, 0.25) is 0 Å². The summed E-state index contributed by atoms with van der Waals surface area (Å²) in [4.78, 5) is 19.9. The lowest BCUT2D eigenvalue weighted by atomic mass is 10.2. The Morgan fingerprint density at radius 3 is 3.06 bits per heavy atom. The first kappa shape index (κ1) is 12.7. The minimum absolute atomic E-state index is 0.176. The fourth-order valence-electron chi connectivity index (χ4n) is 1.49. The number of nitrogens with zero attached hydrogens (tertiary/aromatic N) is 2. The maximum Gasteiger partial charge on any atom is 0.306 e. The predicted molar refractivity (Wildman–Crippen MR) is 70.3 cm³/mol. The third-order valence-corrected chi connectivity index (χ3v) is 3.24. The van der Waals surface area contributed by atoms with Crippen molar-refractivity contribution in [1.29, 1.82) is 0 Å². The number of hydrogen-bond donors (Lipinski definition) is 0. The molecule has 94 valence electrons. The van der Waals surface area contributed by atoms with E-state index >= 15 is 0 Å². The summed E-state index contributed by atoms with van der Waals surface area (Å²) < 4.78 is 4.88. The highest BCUT2D eigenvalue weighted by molar-refractivity contribution is 7.13. The van der Waals surface area contributed by atoms with Crippen LogP contribution in [-0.4, -0.2) is 22.5 Å². The van der Waals surface area contributed by atoms with E-state index in [1.54, 1.807) is 24.5 Å². The summed E-state index contributed by atoms with van der Waals surface area (Å²) in [7, 11) is 0. The van der Waals surface area contributed by atoms with Crippen LogP contribution in [0.1, 0.15) is 19.0 Å². The van der Waals surface area contributed by atoms with Gasteiger partial charge in [0.25, 0.3) is 0 Å². The standard InChI is InChI=1S/C13H14N2O2S/c1-2-17-12(16)7-6-10-9-18-13(15-10)11-5-3-4-8-14-11/h3-5,8-9H,2,6-7H2,1H3. The maximum atomic E-state index is 11.2. The second kappa shape index (κ2) is 6.26. The highest BCUT2D eigenvalue weighted by Gasteiger charge is 2.08. The Labute approximate surface area is 110 Å². The number of aryl methyl sites for hydroxylation is 1. The molecular formula is C13H14N2O2S. The summed E-state index contributed by atoms with van der Waals surface area (Å²) in [6.45, 7) is 2.23. The summed E-state index contributed by atoms with van der Waals surface area (Å²) >= 11 is 1.54. The van der Waals surface area contributed by atoms with E-state index in [9.17, 15) is 4.79 Å². The lowest BCUT2D eigenvalue weighted by Gasteiger charge is -1.99. The van der Waals surface area contributed by atoms with E-state index in [1.807, 2.05) is 23.6 Å². The third-order valence-electron chi connectivity index (χ3n) is 2.33. The Kier molecular flexibility index (Phi) is 4.41. The van der Waals surface area contributed by atoms with Gasteiger partial charge in [-0.25, -0.2) is 4.98 Å². The fourth-order valence-corrected chi connectivity index (χ4v) is 2.32. The number of carbonyl (C=O) groups excluding carboxylic acids is 1. The topological polar surface area (TPSA) is 52.1 Å². The molecule has 0 fully saturated rings. The van der Waals surface area contributed by atoms with Crippen LogP contribution >= 0.6 is 11.3 Å². The van der Waals surface area contributed by atoms with Gasteiger partial charge < -0.3 is 4.74 Å². The van der Waals surface area contributed by atoms with Crippen molar-refractivity contribution in [3.05, 3.63) is 35.5 Å². The van der Waals surface area contributed by atoms with Crippen molar-refractivity contribution in [2.45, 2.75) is 19.8 Å². The molecule has 0 aliphatic rings. The molecule has 2 aromatic rings. The molecule has 2 rings (SSSR count). The van der Waals surface area contributed by atoms with Crippen LogP contribution in [0.5, 0.6) is 0 Å². The molecule has 0 aliphatic carbocycles. The lowest BCUT2D eigenvalue weighted by Crippen LogP contribution is -2.05. The predicted octanol–water partition coefficient (Wildman–Crippen LogP) is 2.70. The van der Waals surface area contributed by atoms with Gasteiger partial charge in [0, 0.05) is 18.0 Å². The van der Waals surface area contributed by atoms with Crippen molar-refractivity contribution < 1.29 is 9.53 Å². The molecule has 0 bridgehead atoms. The van der Waals surface area contributed by atoms with Crippen LogP contribution in [0.25, 0.3) is 10.7 Å². The monoisotopic (exact) mass is 262 g/mol. The maximum absolute atomic E-state index is 11.2. The molecule has 2 aromatic heterocycles. The molecule has 0 amide bonds. The van der Waals surface area contributed by atoms with Crippen LogP contribution < -0.4 is 0 Å². The first-order valence-corrected chi connectivity index (χ1v) is 6.69. The Morgan fingerprint density at radius 1 is 1.44 bits per heavy atom. The number of ether oxygens (including phenoxy) is 1. The van der Waals surface area contributed by atoms with Crippen molar-refractivity contribution in [3.8, 4) is 10.7 Å². The summed E-state index contributed by atoms with van der Waals surface area (Å²) in [6.07, 6.45) is 2.73. The quantitative estimate of drug-likeness (QED) is 0.777. The van der Waals surface area contributed by atoms with Gasteiger partial charge in [-0.2, -0.15) is 0 Å². The van der Waals surface area contributed by atoms with E-state index in [2.05, 4.69) is 9.97 Å². The fraction of sp³-hybridized carbons (Fsp3) is 0.308. The lowest BCUT2D eigenvalue weighted by molar-refractivity contribution is -0.143. The number of pyridine rings is 1. The molecule has 0 unspecified atom stereocenters. The number of rotatable bonds is 5. The molecule has 0 aliphatic heterocycles. The summed E-state index contributed by atoms with van der Waals surface area (Å²) in [5.74, 6) is -0.176. The molecule has 2 heterocycles. The Morgan fingerprint density at radius 2 is 2.33 bits per heavy atom. The van der Waals surface area contributed by atoms with Gasteiger partial charge in [-0.3, -0.25) is 9.78 Å². The van der Waals surface area contributed by atoms with Gasteiger partial charge in [0.1, 0.15) is 5.01 Å². The molecule has 0 N–H and O–H groups in total. The zero-order valence-corrected chi connectivity index (χ0v) is 10.9. The van der Waals surface area contributed by atoms with Gasteiger partial charge in [0.15, 0.2) is 0 Å². The first-order valence-electron chi connectivity index (χ1n) is 5.81. The smallest absolute Gasteiger partial charge is 0.306 e. The largest absolute Gasteiger partial charge is 0.466 e. The second-order valence-corrected chi connectivity index (χ2v) is 4.52. The molecule has 0 saturated heterocycles. The van der Waals surface area contributed by atoms with E-state index in [0.717, 1.165) is 16.4 Å². The average Bonchev–Trinajstić information content (AvgIpc) is 2.87. The summed E-state index contributed by atoms with van der Waals surface area (Å²) in [5, 5.41) is 2.85. The second-order valence-electron chi connectivity index (χ2n) is 3.66. The van der Waals surface area contributed by atoms with Crippen LogP contribution in [0.2, 0.25) is 0 Å². The summed E-state index contributed by atoms with van der Waals surface area (Å²) in [6, 6.07) is 5.73. The zero-order valence-electron chi connectivity index (χ0n) is 10.1. The highest BCUT2D eigenvalue weighted by atomic mass is 32.1. The van der Waals surface area contributed by atoms with Crippen molar-refractivity contribution in [1.82, 2.24) is 9.97 Å². The molecule has 0 radical (unpaired) electrons. The number of carbonyl (C=O) groups is 1. The SMILES string of the molecule is CCOC(=O)CCc1csc(-c2ccccn2)n1. The highest BCUT2D eigenvalue weighted by Crippen LogP contribution is 2.21. The molecular weight excluding hydrogens is 248 g/mol. The Hall–Kier alpha value is -1.75. The Bertz CT molecular complexity index is 511. The van der Waals surface area contributed by atoms with Crippen LogP contribution in [0, 0.1) is 0 Å². The third kappa shape index (κ3) is 3.37. The molecule has 5 heteroatoms. The molecule has 0 saturated carbocycles. The van der Waals surface area contributed by atoms with E-state index in [0.29, 0.717) is 19.4 Å². The van der Waals surface area contributed by atoms with Crippen LogP contribution in [0.15, 0.2) is 29.8 Å². The van der Waals surface area contributed by atoms with Crippen molar-refractivity contribution in [3.63, 3.8) is 0 Å². The van der Waals surface area contributed by atoms with E-state index in [-0.39, 0.29) is 5.97 Å². The number of esters is 1. The van der Waals surface area contributed by atoms with Crippen molar-refractivity contribution in [2.24, 2.45) is 0 Å². The van der Waals surface area contributed by atoms with E-state index in [1.165, 1.54) is 0 Å². The first-order chi connectivity index (χ1) is 8.79. The van der Waals surface area contributed by atoms with Crippen molar-refractivity contribution in [2.75, 3.05) is 6.61 Å². The molecule has 0 atom stereocenters. The van der Waals surface area contributed by atoms with Gasteiger partial charge in [0.05, 0.1) is 24.4 Å². The van der Waals surface area contributed by atoms with Gasteiger partial charge >= 0.3 is 5.97 Å². The van der Waals surface area contributed by atoms with Crippen molar-refractivity contribution >= 4 is 17.3 Å². The van der Waals surface area contributed by atoms with Crippen LogP contribution in [0.4, 0.5) is 0 Å². The molecule has 4 nitrogen and oxygen atoms in total. The van der Waals surface area contributed by atoms with Gasteiger partial charge in [-0.15, -0.1) is 11.3 Å². The molecule has 18 heavy (non-hydrogen) atoms. The number of thiazole rings is 1. The van der Waals surface area contributed by atoms with Gasteiger partial charge in [-0.1, -0.05) is 6.07 Å². The summed E-state index contributed by atoms with van der Waals surface area (Å²) in [5.41, 5.74) is 1.78. The minimum Gasteiger partial charge on any atom is -0.466 e. The van der Waals surface area contributed by atoms with Gasteiger partial charge in [-0.05, 0) is 19.1 Å². The Balaban J connectivity index is 1.97. The van der Waals surface area contributed by atoms with Crippen LogP contribution in [-0.2, 0) is 16.0 Å². The molecule has 0 spiro atoms. The molecule has 0 aromatic carbocycles. The van der Waals surface area contributed by atoms with E-state index in [4.69, 9.17) is 4.74 Å². The van der Waals surface area contributed by atoms with E-state index < -0.39 is 0 Å².